The van der Waals surface area contributed by atoms with Crippen molar-refractivity contribution < 1.29 is 15.1 Å². The average Bonchev–Trinajstić information content (AvgIpc) is 2.79. The molecule has 5 heteroatoms. The lowest BCUT2D eigenvalue weighted by Gasteiger charge is -2.49. The number of fused-ring (bicyclic) bond motifs is 5. The van der Waals surface area contributed by atoms with E-state index in [1.165, 1.54) is 11.1 Å². The number of hydrogen-bond donors (Lipinski definition) is 2. The maximum atomic E-state index is 10.8. The first-order chi connectivity index (χ1) is 11.5. The third-order valence-electron chi connectivity index (χ3n) is 6.81. The number of ether oxygens (including phenoxy) is 1. The van der Waals surface area contributed by atoms with Crippen LogP contribution in [0.25, 0.3) is 0 Å². The van der Waals surface area contributed by atoms with Crippen molar-refractivity contribution in [3.63, 3.8) is 0 Å². The number of aryl methyl sites for hydroxylation is 1. The molecule has 4 nitrogen and oxygen atoms in total. The van der Waals surface area contributed by atoms with Crippen molar-refractivity contribution in [2.24, 2.45) is 22.4 Å². The van der Waals surface area contributed by atoms with Crippen LogP contribution in [0.1, 0.15) is 43.2 Å². The molecule has 130 valence electrons. The van der Waals surface area contributed by atoms with E-state index < -0.39 is 11.5 Å². The zero-order chi connectivity index (χ0) is 17.1. The molecule has 2 fully saturated rings. The van der Waals surface area contributed by atoms with Gasteiger partial charge in [-0.15, -0.1) is 11.6 Å². The van der Waals surface area contributed by atoms with Gasteiger partial charge in [0.15, 0.2) is 0 Å². The molecule has 1 aromatic rings. The molecular formula is C19H24ClNO3. The van der Waals surface area contributed by atoms with E-state index in [0.29, 0.717) is 17.5 Å². The van der Waals surface area contributed by atoms with Crippen molar-refractivity contribution in [2.45, 2.75) is 50.0 Å². The summed E-state index contributed by atoms with van der Waals surface area (Å²) in [5, 5.41) is 23.1. The molecule has 1 aromatic carbocycles. The van der Waals surface area contributed by atoms with E-state index in [4.69, 9.17) is 16.3 Å². The van der Waals surface area contributed by atoms with Gasteiger partial charge in [-0.2, -0.15) is 0 Å². The lowest BCUT2D eigenvalue weighted by molar-refractivity contribution is 0.00325. The second-order valence-corrected chi connectivity index (χ2v) is 8.20. The third kappa shape index (κ3) is 2.05. The Labute approximate surface area is 147 Å². The fourth-order valence-corrected chi connectivity index (χ4v) is 6.14. The van der Waals surface area contributed by atoms with Crippen LogP contribution in [0, 0.1) is 17.3 Å². The van der Waals surface area contributed by atoms with Gasteiger partial charge < -0.3 is 15.1 Å². The summed E-state index contributed by atoms with van der Waals surface area (Å²) in [6, 6.07) is 6.37. The summed E-state index contributed by atoms with van der Waals surface area (Å²) in [6.45, 7) is 2.11. The molecule has 6 atom stereocenters. The number of benzene rings is 1. The van der Waals surface area contributed by atoms with Crippen LogP contribution in [0.5, 0.6) is 5.75 Å². The zero-order valence-electron chi connectivity index (χ0n) is 14.1. The van der Waals surface area contributed by atoms with Crippen molar-refractivity contribution in [1.82, 2.24) is 0 Å². The molecule has 0 heterocycles. The maximum Gasteiger partial charge on any atom is 0.119 e. The molecule has 2 N–H and O–H groups in total. The fourth-order valence-electron chi connectivity index (χ4n) is 5.69. The molecule has 3 aliphatic rings. The van der Waals surface area contributed by atoms with Gasteiger partial charge in [0.2, 0.25) is 0 Å². The minimum Gasteiger partial charge on any atom is -0.497 e. The Morgan fingerprint density at radius 1 is 1.33 bits per heavy atom. The molecular weight excluding hydrogens is 326 g/mol. The van der Waals surface area contributed by atoms with Crippen LogP contribution < -0.4 is 4.74 Å². The highest BCUT2D eigenvalue weighted by Gasteiger charge is 2.61. The largest absolute Gasteiger partial charge is 0.497 e. The normalized spacial score (nSPS) is 42.3. The summed E-state index contributed by atoms with van der Waals surface area (Å²) in [5.41, 5.74) is 3.03. The number of halogens is 1. The summed E-state index contributed by atoms with van der Waals surface area (Å²) in [7, 11) is 1.70. The number of methoxy groups -OCH3 is 1. The number of rotatable bonds is 1. The molecule has 0 saturated heterocycles. The standard InChI is InChI=1S/C19H24ClNO3/c1-19-8-7-13-12-6-4-11(24-2)9-10(12)3-5-14(13)15(19)17(22)16(20)18(19)21-23/h4,6,9,13-17,22-23H,3,5,7-8H2,1-2H3/b21-18+. The number of aliphatic hydroxyl groups excluding tert-OH is 1. The fraction of sp³-hybridized carbons (Fsp3) is 0.632. The Morgan fingerprint density at radius 2 is 2.12 bits per heavy atom. The van der Waals surface area contributed by atoms with E-state index in [1.54, 1.807) is 7.11 Å². The van der Waals surface area contributed by atoms with Gasteiger partial charge in [0.25, 0.3) is 0 Å². The zero-order valence-corrected chi connectivity index (χ0v) is 14.8. The molecule has 0 amide bonds. The summed E-state index contributed by atoms with van der Waals surface area (Å²) < 4.78 is 5.36. The molecule has 0 aliphatic heterocycles. The Morgan fingerprint density at radius 3 is 2.83 bits per heavy atom. The van der Waals surface area contributed by atoms with Crippen LogP contribution in [0.3, 0.4) is 0 Å². The molecule has 6 unspecified atom stereocenters. The van der Waals surface area contributed by atoms with E-state index in [2.05, 4.69) is 24.2 Å². The van der Waals surface area contributed by atoms with Crippen molar-refractivity contribution in [1.29, 1.82) is 0 Å². The second kappa shape index (κ2) is 5.63. The summed E-state index contributed by atoms with van der Waals surface area (Å²) in [5.74, 6) is 1.78. The molecule has 0 aromatic heterocycles. The van der Waals surface area contributed by atoms with E-state index in [1.807, 2.05) is 6.07 Å². The van der Waals surface area contributed by atoms with Crippen molar-refractivity contribution in [3.05, 3.63) is 29.3 Å². The molecule has 2 saturated carbocycles. The number of nitrogens with zero attached hydrogens (tertiary/aromatic N) is 1. The summed E-state index contributed by atoms with van der Waals surface area (Å²) in [6.07, 6.45) is 3.31. The SMILES string of the molecule is COc1ccc2c(c1)CCC1C2CCC2(C)/C(=N/O)C(Cl)C(O)C12. The van der Waals surface area contributed by atoms with Gasteiger partial charge in [-0.25, -0.2) is 0 Å². The highest BCUT2D eigenvalue weighted by Crippen LogP contribution is 2.60. The Kier molecular flexibility index (Phi) is 3.81. The predicted molar refractivity (Wildman–Crippen MR) is 93.2 cm³/mol. The topological polar surface area (TPSA) is 62.0 Å². The number of aliphatic hydroxyl groups is 1. The quantitative estimate of drug-likeness (QED) is 0.463. The first-order valence-corrected chi connectivity index (χ1v) is 9.16. The number of alkyl halides is 1. The van der Waals surface area contributed by atoms with Crippen LogP contribution >= 0.6 is 11.6 Å². The maximum absolute atomic E-state index is 10.8. The molecule has 0 radical (unpaired) electrons. The summed E-state index contributed by atoms with van der Waals surface area (Å²) >= 11 is 6.41. The lowest BCUT2D eigenvalue weighted by atomic mass is 9.55. The van der Waals surface area contributed by atoms with Gasteiger partial charge in [-0.05, 0) is 60.8 Å². The molecule has 4 rings (SSSR count). The third-order valence-corrected chi connectivity index (χ3v) is 7.27. The average molecular weight is 350 g/mol. The highest BCUT2D eigenvalue weighted by atomic mass is 35.5. The van der Waals surface area contributed by atoms with Crippen LogP contribution in [0.4, 0.5) is 0 Å². The number of oxime groups is 1. The Hall–Kier alpha value is -1.26. The molecule has 24 heavy (non-hydrogen) atoms. The lowest BCUT2D eigenvalue weighted by Crippen LogP contribution is -2.45. The summed E-state index contributed by atoms with van der Waals surface area (Å²) in [4.78, 5) is 0. The van der Waals surface area contributed by atoms with Crippen LogP contribution in [-0.4, -0.2) is 34.6 Å². The smallest absolute Gasteiger partial charge is 0.119 e. The van der Waals surface area contributed by atoms with Crippen LogP contribution in [-0.2, 0) is 6.42 Å². The molecule has 0 bridgehead atoms. The van der Waals surface area contributed by atoms with Gasteiger partial charge in [-0.3, -0.25) is 0 Å². The van der Waals surface area contributed by atoms with E-state index in [9.17, 15) is 10.3 Å². The Balaban J connectivity index is 1.74. The minimum absolute atomic E-state index is 0.0555. The molecule has 3 aliphatic carbocycles. The van der Waals surface area contributed by atoms with Crippen LogP contribution in [0.2, 0.25) is 0 Å². The van der Waals surface area contributed by atoms with Gasteiger partial charge in [0.1, 0.15) is 11.1 Å². The number of hydrogen-bond acceptors (Lipinski definition) is 4. The van der Waals surface area contributed by atoms with Crippen LogP contribution in [0.15, 0.2) is 23.4 Å². The monoisotopic (exact) mass is 349 g/mol. The van der Waals surface area contributed by atoms with Crippen molar-refractivity contribution >= 4 is 17.3 Å². The molecule has 0 spiro atoms. The van der Waals surface area contributed by atoms with Gasteiger partial charge in [0.05, 0.1) is 18.9 Å². The van der Waals surface area contributed by atoms with Crippen molar-refractivity contribution in [2.75, 3.05) is 7.11 Å². The van der Waals surface area contributed by atoms with E-state index >= 15 is 0 Å². The predicted octanol–water partition coefficient (Wildman–Crippen LogP) is 3.57. The van der Waals surface area contributed by atoms with Gasteiger partial charge in [-0.1, -0.05) is 18.1 Å². The van der Waals surface area contributed by atoms with E-state index in [0.717, 1.165) is 31.4 Å². The first-order valence-electron chi connectivity index (χ1n) is 8.72. The van der Waals surface area contributed by atoms with Gasteiger partial charge >= 0.3 is 0 Å². The highest BCUT2D eigenvalue weighted by molar-refractivity contribution is 6.34. The second-order valence-electron chi connectivity index (χ2n) is 7.73. The first kappa shape index (κ1) is 16.2. The Bertz CT molecular complexity index is 691. The van der Waals surface area contributed by atoms with Gasteiger partial charge in [0, 0.05) is 11.3 Å². The van der Waals surface area contributed by atoms with E-state index in [-0.39, 0.29) is 11.3 Å². The minimum atomic E-state index is -0.643. The van der Waals surface area contributed by atoms with Crippen molar-refractivity contribution in [3.8, 4) is 5.75 Å².